The Morgan fingerprint density at radius 1 is 1.17 bits per heavy atom. The van der Waals surface area contributed by atoms with Crippen molar-refractivity contribution in [2.75, 3.05) is 31.1 Å². The quantitative estimate of drug-likeness (QED) is 0.723. The van der Waals surface area contributed by atoms with E-state index in [1.54, 1.807) is 6.20 Å². The van der Waals surface area contributed by atoms with Crippen molar-refractivity contribution in [2.45, 2.75) is 32.7 Å². The molecule has 1 aromatic heterocycles. The second kappa shape index (κ2) is 7.87. The van der Waals surface area contributed by atoms with Gasteiger partial charge in [0.2, 0.25) is 5.91 Å². The molecule has 1 unspecified atom stereocenters. The zero-order valence-corrected chi connectivity index (χ0v) is 13.5. The molecule has 2 fully saturated rings. The van der Waals surface area contributed by atoms with Gasteiger partial charge in [-0.25, -0.2) is 4.68 Å². The summed E-state index contributed by atoms with van der Waals surface area (Å²) in [5.74, 6) is -0.766. The minimum atomic E-state index is -0.702. The number of hydrogen-bond donors (Lipinski definition) is 2. The SMILES string of the molecule is CC.O=C1CCC(n2ncc(N3CCNCC3)cc2=O)C(=O)N1. The Morgan fingerprint density at radius 3 is 2.48 bits per heavy atom. The molecule has 0 saturated carbocycles. The molecule has 1 atom stereocenters. The summed E-state index contributed by atoms with van der Waals surface area (Å²) in [7, 11) is 0. The first-order valence-corrected chi connectivity index (χ1v) is 8.03. The lowest BCUT2D eigenvalue weighted by Gasteiger charge is -2.29. The number of nitrogens with zero attached hydrogens (tertiary/aromatic N) is 3. The summed E-state index contributed by atoms with van der Waals surface area (Å²) in [5.41, 5.74) is 0.450. The van der Waals surface area contributed by atoms with Crippen LogP contribution in [0.5, 0.6) is 0 Å². The molecule has 0 spiro atoms. The molecule has 8 nitrogen and oxygen atoms in total. The molecule has 0 aliphatic carbocycles. The van der Waals surface area contributed by atoms with Crippen LogP contribution in [0.3, 0.4) is 0 Å². The maximum atomic E-state index is 12.2. The summed E-state index contributed by atoms with van der Waals surface area (Å²) >= 11 is 0. The molecule has 3 rings (SSSR count). The lowest BCUT2D eigenvalue weighted by molar-refractivity contribution is -0.136. The van der Waals surface area contributed by atoms with E-state index in [0.29, 0.717) is 6.42 Å². The minimum absolute atomic E-state index is 0.226. The Bertz CT molecular complexity index is 622. The van der Waals surface area contributed by atoms with Gasteiger partial charge in [-0.15, -0.1) is 0 Å². The van der Waals surface area contributed by atoms with Crippen molar-refractivity contribution in [3.63, 3.8) is 0 Å². The predicted molar refractivity (Wildman–Crippen MR) is 86.3 cm³/mol. The van der Waals surface area contributed by atoms with E-state index < -0.39 is 11.9 Å². The molecular weight excluding hydrogens is 298 g/mol. The van der Waals surface area contributed by atoms with Crippen LogP contribution in [-0.2, 0) is 9.59 Å². The number of anilines is 1. The van der Waals surface area contributed by atoms with Gasteiger partial charge in [0.15, 0.2) is 0 Å². The summed E-state index contributed by atoms with van der Waals surface area (Å²) in [6.07, 6.45) is 2.14. The van der Waals surface area contributed by atoms with Gasteiger partial charge in [-0.1, -0.05) is 13.8 Å². The molecule has 2 aliphatic rings. The molecule has 1 aromatic rings. The van der Waals surface area contributed by atoms with Crippen LogP contribution in [0, 0.1) is 0 Å². The number of aromatic nitrogens is 2. The van der Waals surface area contributed by atoms with Crippen molar-refractivity contribution in [3.8, 4) is 0 Å². The normalized spacial score (nSPS) is 21.3. The largest absolute Gasteiger partial charge is 0.368 e. The van der Waals surface area contributed by atoms with Crippen molar-refractivity contribution < 1.29 is 9.59 Å². The number of amides is 2. The van der Waals surface area contributed by atoms with Crippen LogP contribution in [0.1, 0.15) is 32.7 Å². The number of carbonyl (C=O) groups is 2. The number of hydrogen-bond acceptors (Lipinski definition) is 6. The highest BCUT2D eigenvalue weighted by molar-refractivity contribution is 5.99. The average molecular weight is 321 g/mol. The Labute approximate surface area is 134 Å². The molecule has 2 aliphatic heterocycles. The van der Waals surface area contributed by atoms with Crippen LogP contribution < -0.4 is 21.1 Å². The molecule has 0 bridgehead atoms. The summed E-state index contributed by atoms with van der Waals surface area (Å²) in [6.45, 7) is 7.39. The van der Waals surface area contributed by atoms with E-state index in [1.165, 1.54) is 6.07 Å². The van der Waals surface area contributed by atoms with Crippen LogP contribution in [-0.4, -0.2) is 47.8 Å². The van der Waals surface area contributed by atoms with Gasteiger partial charge < -0.3 is 10.2 Å². The van der Waals surface area contributed by atoms with Crippen LogP contribution in [0.4, 0.5) is 5.69 Å². The van der Waals surface area contributed by atoms with Gasteiger partial charge in [-0.3, -0.25) is 19.7 Å². The number of nitrogens with one attached hydrogen (secondary N) is 2. The topological polar surface area (TPSA) is 96.3 Å². The van der Waals surface area contributed by atoms with Gasteiger partial charge in [-0.2, -0.15) is 5.10 Å². The number of carbonyl (C=O) groups excluding carboxylic acids is 2. The third kappa shape index (κ3) is 3.95. The van der Waals surface area contributed by atoms with Gasteiger partial charge >= 0.3 is 0 Å². The molecule has 0 radical (unpaired) electrons. The monoisotopic (exact) mass is 321 g/mol. The van der Waals surface area contributed by atoms with Gasteiger partial charge in [0.25, 0.3) is 11.5 Å². The maximum Gasteiger partial charge on any atom is 0.269 e. The molecule has 126 valence electrons. The van der Waals surface area contributed by atoms with Crippen LogP contribution >= 0.6 is 0 Å². The third-order valence-corrected chi connectivity index (χ3v) is 3.80. The fourth-order valence-corrected chi connectivity index (χ4v) is 2.65. The second-order valence-corrected chi connectivity index (χ2v) is 5.20. The number of imide groups is 1. The highest BCUT2D eigenvalue weighted by atomic mass is 16.2. The molecule has 3 heterocycles. The smallest absolute Gasteiger partial charge is 0.269 e. The molecule has 8 heteroatoms. The first-order chi connectivity index (χ1) is 11.1. The van der Waals surface area contributed by atoms with E-state index in [9.17, 15) is 14.4 Å². The Balaban J connectivity index is 0.000000924. The van der Waals surface area contributed by atoms with Crippen molar-refractivity contribution in [2.24, 2.45) is 0 Å². The van der Waals surface area contributed by atoms with Crippen molar-refractivity contribution in [1.82, 2.24) is 20.4 Å². The van der Waals surface area contributed by atoms with Gasteiger partial charge in [0.05, 0.1) is 11.9 Å². The van der Waals surface area contributed by atoms with E-state index in [1.807, 2.05) is 13.8 Å². The average Bonchev–Trinajstić information content (AvgIpc) is 2.58. The van der Waals surface area contributed by atoms with Crippen LogP contribution in [0.15, 0.2) is 17.1 Å². The van der Waals surface area contributed by atoms with Crippen molar-refractivity contribution in [3.05, 3.63) is 22.6 Å². The zero-order chi connectivity index (χ0) is 16.8. The highest BCUT2D eigenvalue weighted by Gasteiger charge is 2.29. The second-order valence-electron chi connectivity index (χ2n) is 5.20. The van der Waals surface area contributed by atoms with Gasteiger partial charge in [0, 0.05) is 38.7 Å². The lowest BCUT2D eigenvalue weighted by Crippen LogP contribution is -2.46. The summed E-state index contributed by atoms with van der Waals surface area (Å²) in [4.78, 5) is 37.2. The van der Waals surface area contributed by atoms with Gasteiger partial charge in [-0.05, 0) is 6.42 Å². The summed E-state index contributed by atoms with van der Waals surface area (Å²) < 4.78 is 1.16. The van der Waals surface area contributed by atoms with E-state index in [-0.39, 0.29) is 17.9 Å². The number of piperidine rings is 1. The number of rotatable bonds is 2. The molecular formula is C15H23N5O3. The van der Waals surface area contributed by atoms with E-state index >= 15 is 0 Å². The Morgan fingerprint density at radius 2 is 1.87 bits per heavy atom. The molecule has 23 heavy (non-hydrogen) atoms. The predicted octanol–water partition coefficient (Wildman–Crippen LogP) is -0.343. The van der Waals surface area contributed by atoms with Crippen LogP contribution in [0.2, 0.25) is 0 Å². The Kier molecular flexibility index (Phi) is 5.86. The van der Waals surface area contributed by atoms with E-state index in [2.05, 4.69) is 20.6 Å². The highest BCUT2D eigenvalue weighted by Crippen LogP contribution is 2.17. The van der Waals surface area contributed by atoms with Crippen molar-refractivity contribution >= 4 is 17.5 Å². The Hall–Kier alpha value is -2.22. The van der Waals surface area contributed by atoms with E-state index in [4.69, 9.17) is 0 Å². The standard InChI is InChI=1S/C13H17N5O3.C2H6/c19-11-2-1-10(13(21)16-11)18-12(20)7-9(8-15-18)17-5-3-14-4-6-17;1-2/h7-8,10,14H,1-6H2,(H,16,19,21);1-2H3. The maximum absolute atomic E-state index is 12.2. The first kappa shape index (κ1) is 17.1. The number of piperazine rings is 1. The third-order valence-electron chi connectivity index (χ3n) is 3.80. The molecule has 2 saturated heterocycles. The van der Waals surface area contributed by atoms with Crippen molar-refractivity contribution in [1.29, 1.82) is 0 Å². The minimum Gasteiger partial charge on any atom is -0.368 e. The fraction of sp³-hybridized carbons (Fsp3) is 0.600. The van der Waals surface area contributed by atoms with Crippen LogP contribution in [0.25, 0.3) is 0 Å². The zero-order valence-electron chi connectivity index (χ0n) is 13.5. The lowest BCUT2D eigenvalue weighted by atomic mass is 10.1. The summed E-state index contributed by atoms with van der Waals surface area (Å²) in [6, 6.07) is 0.800. The molecule has 0 aromatic carbocycles. The van der Waals surface area contributed by atoms with Gasteiger partial charge in [0.1, 0.15) is 6.04 Å². The summed E-state index contributed by atoms with van der Waals surface area (Å²) in [5, 5.41) is 9.60. The first-order valence-electron chi connectivity index (χ1n) is 8.03. The molecule has 2 amide bonds. The van der Waals surface area contributed by atoms with E-state index in [0.717, 1.165) is 36.5 Å². The fourth-order valence-electron chi connectivity index (χ4n) is 2.65. The molecule has 2 N–H and O–H groups in total.